The number of hydrogen-bond donors (Lipinski definition) is 1. The summed E-state index contributed by atoms with van der Waals surface area (Å²) in [6, 6.07) is 28.5. The molecule has 0 spiro atoms. The quantitative estimate of drug-likeness (QED) is 0.410. The van der Waals surface area contributed by atoms with E-state index in [4.69, 9.17) is 0 Å². The average Bonchev–Trinajstić information content (AvgIpc) is 3.05. The SMILES string of the molecule is Cc1ccc(-c2ccc(-c3ccc(O)cc3)cc2)n1-c1ccc(Br)cc1. The van der Waals surface area contributed by atoms with Crippen molar-refractivity contribution in [2.24, 2.45) is 0 Å². The van der Waals surface area contributed by atoms with Crippen LogP contribution in [0.15, 0.2) is 89.4 Å². The van der Waals surface area contributed by atoms with E-state index in [-0.39, 0.29) is 5.75 Å². The number of aromatic hydroxyl groups is 1. The second-order valence-corrected chi connectivity index (χ2v) is 7.21. The van der Waals surface area contributed by atoms with Gasteiger partial charge in [0.2, 0.25) is 0 Å². The Morgan fingerprint density at radius 3 is 1.81 bits per heavy atom. The van der Waals surface area contributed by atoms with Crippen LogP contribution in [0.4, 0.5) is 0 Å². The molecule has 0 bridgehead atoms. The molecule has 4 rings (SSSR count). The molecule has 0 saturated heterocycles. The van der Waals surface area contributed by atoms with Crippen molar-refractivity contribution in [3.63, 3.8) is 0 Å². The highest BCUT2D eigenvalue weighted by atomic mass is 79.9. The van der Waals surface area contributed by atoms with Gasteiger partial charge in [-0.15, -0.1) is 0 Å². The van der Waals surface area contributed by atoms with Crippen LogP contribution in [0.5, 0.6) is 5.75 Å². The molecule has 128 valence electrons. The van der Waals surface area contributed by atoms with Crippen LogP contribution in [0.3, 0.4) is 0 Å². The first-order chi connectivity index (χ1) is 12.6. The number of hydrogen-bond acceptors (Lipinski definition) is 1. The lowest BCUT2D eigenvalue weighted by atomic mass is 10.0. The smallest absolute Gasteiger partial charge is 0.115 e. The normalized spacial score (nSPS) is 10.8. The van der Waals surface area contributed by atoms with Gasteiger partial charge < -0.3 is 9.67 Å². The van der Waals surface area contributed by atoms with Gasteiger partial charge in [0.15, 0.2) is 0 Å². The number of rotatable bonds is 3. The van der Waals surface area contributed by atoms with Crippen LogP contribution in [-0.2, 0) is 0 Å². The van der Waals surface area contributed by atoms with Gasteiger partial charge in [0.1, 0.15) is 5.75 Å². The fourth-order valence-corrected chi connectivity index (χ4v) is 3.45. The third-order valence-electron chi connectivity index (χ3n) is 4.54. The van der Waals surface area contributed by atoms with Crippen molar-refractivity contribution in [3.8, 4) is 33.8 Å². The number of halogens is 1. The molecule has 0 amide bonds. The Hall–Kier alpha value is -2.78. The molecule has 1 aromatic heterocycles. The molecular weight excluding hydrogens is 386 g/mol. The second-order valence-electron chi connectivity index (χ2n) is 6.30. The lowest BCUT2D eigenvalue weighted by molar-refractivity contribution is 0.475. The summed E-state index contributed by atoms with van der Waals surface area (Å²) in [7, 11) is 0. The first kappa shape index (κ1) is 16.7. The second kappa shape index (κ2) is 6.85. The minimum atomic E-state index is 0.285. The lowest BCUT2D eigenvalue weighted by Crippen LogP contribution is -1.98. The Morgan fingerprint density at radius 1 is 0.654 bits per heavy atom. The zero-order chi connectivity index (χ0) is 18.1. The number of phenols is 1. The average molecular weight is 404 g/mol. The summed E-state index contributed by atoms with van der Waals surface area (Å²) in [6.45, 7) is 2.12. The zero-order valence-corrected chi connectivity index (χ0v) is 15.9. The Bertz CT molecular complexity index is 1030. The van der Waals surface area contributed by atoms with Gasteiger partial charge in [-0.25, -0.2) is 0 Å². The fourth-order valence-electron chi connectivity index (χ4n) is 3.18. The molecular formula is C23H18BrNO. The van der Waals surface area contributed by atoms with Gasteiger partial charge in [-0.2, -0.15) is 0 Å². The molecule has 0 aliphatic rings. The molecule has 0 radical (unpaired) electrons. The monoisotopic (exact) mass is 403 g/mol. The van der Waals surface area contributed by atoms with Crippen molar-refractivity contribution in [2.45, 2.75) is 6.92 Å². The number of aromatic nitrogens is 1. The highest BCUT2D eigenvalue weighted by Crippen LogP contribution is 2.29. The predicted molar refractivity (Wildman–Crippen MR) is 111 cm³/mol. The van der Waals surface area contributed by atoms with Gasteiger partial charge in [0.25, 0.3) is 0 Å². The molecule has 0 unspecified atom stereocenters. The summed E-state index contributed by atoms with van der Waals surface area (Å²) in [6.07, 6.45) is 0. The summed E-state index contributed by atoms with van der Waals surface area (Å²) in [5, 5.41) is 9.45. The minimum absolute atomic E-state index is 0.285. The summed E-state index contributed by atoms with van der Waals surface area (Å²) < 4.78 is 3.34. The van der Waals surface area contributed by atoms with Crippen LogP contribution >= 0.6 is 15.9 Å². The van der Waals surface area contributed by atoms with Crippen molar-refractivity contribution in [1.82, 2.24) is 4.57 Å². The third-order valence-corrected chi connectivity index (χ3v) is 5.07. The van der Waals surface area contributed by atoms with Gasteiger partial charge in [-0.1, -0.05) is 52.3 Å². The Balaban J connectivity index is 1.72. The molecule has 0 fully saturated rings. The van der Waals surface area contributed by atoms with Gasteiger partial charge in [0.05, 0.1) is 5.69 Å². The van der Waals surface area contributed by atoms with E-state index in [2.05, 4.69) is 88.1 Å². The first-order valence-corrected chi connectivity index (χ1v) is 9.25. The first-order valence-electron chi connectivity index (χ1n) is 8.46. The molecule has 4 aromatic rings. The largest absolute Gasteiger partial charge is 0.508 e. The van der Waals surface area contributed by atoms with Crippen LogP contribution in [-0.4, -0.2) is 9.67 Å². The van der Waals surface area contributed by atoms with Crippen LogP contribution in [0, 0.1) is 6.92 Å². The number of phenolic OH excluding ortho intramolecular Hbond substituents is 1. The van der Waals surface area contributed by atoms with Crippen molar-refractivity contribution in [1.29, 1.82) is 0 Å². The molecule has 3 heteroatoms. The number of nitrogens with zero attached hydrogens (tertiary/aromatic N) is 1. The standard InChI is InChI=1S/C23H18BrNO/c1-16-2-15-23(25(16)21-11-9-20(24)10-12-21)19-5-3-17(4-6-19)18-7-13-22(26)14-8-18/h2-15,26H,1H3. The van der Waals surface area contributed by atoms with Crippen molar-refractivity contribution >= 4 is 15.9 Å². The molecule has 1 N–H and O–H groups in total. The topological polar surface area (TPSA) is 25.2 Å². The van der Waals surface area contributed by atoms with Crippen molar-refractivity contribution in [2.75, 3.05) is 0 Å². The highest BCUT2D eigenvalue weighted by molar-refractivity contribution is 9.10. The minimum Gasteiger partial charge on any atom is -0.508 e. The Labute approximate surface area is 161 Å². The summed E-state index contributed by atoms with van der Waals surface area (Å²) in [4.78, 5) is 0. The molecule has 0 aliphatic carbocycles. The van der Waals surface area contributed by atoms with Gasteiger partial charge in [-0.3, -0.25) is 0 Å². The molecule has 3 aromatic carbocycles. The fraction of sp³-hybridized carbons (Fsp3) is 0.0435. The lowest BCUT2D eigenvalue weighted by Gasteiger charge is -2.13. The van der Waals surface area contributed by atoms with E-state index < -0.39 is 0 Å². The maximum absolute atomic E-state index is 9.45. The maximum Gasteiger partial charge on any atom is 0.115 e. The van der Waals surface area contributed by atoms with Gasteiger partial charge in [0, 0.05) is 15.9 Å². The maximum atomic E-state index is 9.45. The van der Waals surface area contributed by atoms with E-state index in [9.17, 15) is 5.11 Å². The molecule has 26 heavy (non-hydrogen) atoms. The van der Waals surface area contributed by atoms with Crippen LogP contribution < -0.4 is 0 Å². The van der Waals surface area contributed by atoms with Crippen LogP contribution in [0.25, 0.3) is 28.1 Å². The van der Waals surface area contributed by atoms with Crippen LogP contribution in [0.2, 0.25) is 0 Å². The summed E-state index contributed by atoms with van der Waals surface area (Å²) >= 11 is 3.50. The third kappa shape index (κ3) is 3.18. The van der Waals surface area contributed by atoms with Crippen LogP contribution in [0.1, 0.15) is 5.69 Å². The zero-order valence-electron chi connectivity index (χ0n) is 14.4. The molecule has 2 nitrogen and oxygen atoms in total. The number of benzene rings is 3. The van der Waals surface area contributed by atoms with E-state index >= 15 is 0 Å². The Kier molecular flexibility index (Phi) is 4.39. The number of aryl methyl sites for hydroxylation is 1. The predicted octanol–water partition coefficient (Wildman–Crippen LogP) is 6.59. The van der Waals surface area contributed by atoms with Crippen molar-refractivity contribution < 1.29 is 5.11 Å². The van der Waals surface area contributed by atoms with Gasteiger partial charge in [-0.05, 0) is 72.1 Å². The van der Waals surface area contributed by atoms with E-state index in [1.54, 1.807) is 12.1 Å². The highest BCUT2D eigenvalue weighted by Gasteiger charge is 2.10. The molecule has 0 atom stereocenters. The Morgan fingerprint density at radius 2 is 1.19 bits per heavy atom. The molecule has 1 heterocycles. The summed E-state index contributed by atoms with van der Waals surface area (Å²) in [5.74, 6) is 0.285. The molecule has 0 saturated carbocycles. The molecule has 0 aliphatic heterocycles. The van der Waals surface area contributed by atoms with E-state index in [0.717, 1.165) is 21.3 Å². The van der Waals surface area contributed by atoms with Gasteiger partial charge >= 0.3 is 0 Å². The summed E-state index contributed by atoms with van der Waals surface area (Å²) in [5.41, 5.74) is 6.91. The van der Waals surface area contributed by atoms with E-state index in [0.29, 0.717) is 0 Å². The van der Waals surface area contributed by atoms with E-state index in [1.165, 1.54) is 17.0 Å². The van der Waals surface area contributed by atoms with Crippen molar-refractivity contribution in [3.05, 3.63) is 95.1 Å². The van der Waals surface area contributed by atoms with E-state index in [1.807, 2.05) is 12.1 Å².